The largest absolute Gasteiger partial charge is 0.310 e. The average molecular weight is 279 g/mol. The van der Waals surface area contributed by atoms with Crippen LogP contribution in [0.25, 0.3) is 0 Å². The summed E-state index contributed by atoms with van der Waals surface area (Å²) in [4.78, 5) is 2.91. The number of nitrogens with one attached hydrogen (secondary N) is 1. The highest BCUT2D eigenvalue weighted by atomic mass is 32.1. The van der Waals surface area contributed by atoms with Crippen molar-refractivity contribution in [3.63, 3.8) is 0 Å². The molecule has 0 aromatic carbocycles. The van der Waals surface area contributed by atoms with Gasteiger partial charge in [0.2, 0.25) is 0 Å². The fourth-order valence-corrected chi connectivity index (χ4v) is 4.54. The lowest BCUT2D eigenvalue weighted by molar-refractivity contribution is 0.265. The molecule has 0 spiro atoms. The first kappa shape index (κ1) is 15.1. The van der Waals surface area contributed by atoms with Crippen molar-refractivity contribution < 1.29 is 0 Å². The van der Waals surface area contributed by atoms with E-state index in [9.17, 15) is 0 Å². The molecule has 1 nitrogen and oxygen atoms in total. The Hall–Kier alpha value is -0.340. The molecule has 1 aromatic rings. The molecule has 2 rings (SSSR count). The van der Waals surface area contributed by atoms with E-state index in [-0.39, 0.29) is 0 Å². The van der Waals surface area contributed by atoms with Crippen molar-refractivity contribution in [3.05, 3.63) is 21.4 Å². The predicted molar refractivity (Wildman–Crippen MR) is 85.9 cm³/mol. The van der Waals surface area contributed by atoms with Gasteiger partial charge in [-0.1, -0.05) is 26.2 Å². The summed E-state index contributed by atoms with van der Waals surface area (Å²) in [6.07, 6.45) is 7.17. The van der Waals surface area contributed by atoms with E-state index in [1.807, 2.05) is 11.3 Å². The lowest BCUT2D eigenvalue weighted by Gasteiger charge is -2.27. The van der Waals surface area contributed by atoms with Crippen molar-refractivity contribution in [3.8, 4) is 0 Å². The third kappa shape index (κ3) is 4.32. The molecule has 0 radical (unpaired) electrons. The van der Waals surface area contributed by atoms with Crippen LogP contribution >= 0.6 is 11.3 Å². The smallest absolute Gasteiger partial charge is 0.0302 e. The maximum Gasteiger partial charge on any atom is 0.0302 e. The summed E-state index contributed by atoms with van der Waals surface area (Å²) in [6.45, 7) is 10.3. The lowest BCUT2D eigenvalue weighted by atomic mass is 9.81. The molecule has 19 heavy (non-hydrogen) atoms. The number of rotatable bonds is 5. The molecule has 1 aliphatic rings. The summed E-state index contributed by atoms with van der Waals surface area (Å²) in [6, 6.07) is 2.85. The fraction of sp³-hybridized carbons (Fsp3) is 0.765. The van der Waals surface area contributed by atoms with Crippen LogP contribution in [0.2, 0.25) is 0 Å². The van der Waals surface area contributed by atoms with Crippen molar-refractivity contribution in [1.29, 1.82) is 0 Å². The SMILES string of the molecule is Cc1cc(C(C)NCCC2CCCC(C)C2)c(C)s1. The zero-order valence-electron chi connectivity index (χ0n) is 13.0. The van der Waals surface area contributed by atoms with Gasteiger partial charge in [0, 0.05) is 15.8 Å². The molecule has 3 unspecified atom stereocenters. The van der Waals surface area contributed by atoms with Crippen molar-refractivity contribution in [1.82, 2.24) is 5.32 Å². The van der Waals surface area contributed by atoms with Crippen LogP contribution in [0.5, 0.6) is 0 Å². The van der Waals surface area contributed by atoms with E-state index in [1.54, 1.807) is 0 Å². The first-order valence-electron chi connectivity index (χ1n) is 7.86. The minimum atomic E-state index is 0.506. The number of thiophene rings is 1. The van der Waals surface area contributed by atoms with Gasteiger partial charge < -0.3 is 5.32 Å². The van der Waals surface area contributed by atoms with E-state index in [0.29, 0.717) is 6.04 Å². The Labute approximate surface area is 122 Å². The van der Waals surface area contributed by atoms with Crippen LogP contribution in [-0.2, 0) is 0 Å². The van der Waals surface area contributed by atoms with Crippen LogP contribution in [0.3, 0.4) is 0 Å². The van der Waals surface area contributed by atoms with Crippen LogP contribution in [0.15, 0.2) is 6.07 Å². The predicted octanol–water partition coefficient (Wildman–Crippen LogP) is 5.23. The third-order valence-corrected chi connectivity index (χ3v) is 5.58. The second-order valence-corrected chi connectivity index (χ2v) is 7.93. The van der Waals surface area contributed by atoms with E-state index in [2.05, 4.69) is 39.1 Å². The Bertz CT molecular complexity index is 396. The zero-order chi connectivity index (χ0) is 13.8. The molecule has 108 valence electrons. The minimum Gasteiger partial charge on any atom is -0.310 e. The standard InChI is InChI=1S/C17H29NS/c1-12-6-5-7-16(10-12)8-9-18-14(3)17-11-13(2)19-15(17)4/h11-12,14,16,18H,5-10H2,1-4H3. The number of hydrogen-bond donors (Lipinski definition) is 1. The highest BCUT2D eigenvalue weighted by Crippen LogP contribution is 2.31. The van der Waals surface area contributed by atoms with Crippen molar-refractivity contribution in [2.24, 2.45) is 11.8 Å². The van der Waals surface area contributed by atoms with Gasteiger partial charge >= 0.3 is 0 Å². The first-order chi connectivity index (χ1) is 9.06. The Kier molecular flexibility index (Phi) is 5.47. The first-order valence-corrected chi connectivity index (χ1v) is 8.68. The van der Waals surface area contributed by atoms with Gasteiger partial charge in [0.05, 0.1) is 0 Å². The number of hydrogen-bond acceptors (Lipinski definition) is 2. The topological polar surface area (TPSA) is 12.0 Å². The van der Waals surface area contributed by atoms with Gasteiger partial charge in [-0.15, -0.1) is 11.3 Å². The average Bonchev–Trinajstić information content (AvgIpc) is 2.68. The molecular weight excluding hydrogens is 250 g/mol. The van der Waals surface area contributed by atoms with Gasteiger partial charge in [-0.2, -0.15) is 0 Å². The second-order valence-electron chi connectivity index (χ2n) is 6.47. The van der Waals surface area contributed by atoms with Gasteiger partial charge in [0.15, 0.2) is 0 Å². The van der Waals surface area contributed by atoms with E-state index < -0.39 is 0 Å². The summed E-state index contributed by atoms with van der Waals surface area (Å²) in [7, 11) is 0. The van der Waals surface area contributed by atoms with Gasteiger partial charge in [0.1, 0.15) is 0 Å². The van der Waals surface area contributed by atoms with Gasteiger partial charge in [-0.25, -0.2) is 0 Å². The molecular formula is C17H29NS. The highest BCUT2D eigenvalue weighted by molar-refractivity contribution is 7.12. The van der Waals surface area contributed by atoms with E-state index >= 15 is 0 Å². The molecule has 0 bridgehead atoms. The van der Waals surface area contributed by atoms with Crippen molar-refractivity contribution in [2.75, 3.05) is 6.54 Å². The Morgan fingerprint density at radius 2 is 2.16 bits per heavy atom. The normalized spacial score (nSPS) is 25.5. The number of aryl methyl sites for hydroxylation is 2. The fourth-order valence-electron chi connectivity index (χ4n) is 3.52. The van der Waals surface area contributed by atoms with E-state index in [4.69, 9.17) is 0 Å². The molecule has 1 fully saturated rings. The van der Waals surface area contributed by atoms with Crippen LogP contribution in [0.1, 0.15) is 67.3 Å². The maximum atomic E-state index is 3.72. The molecule has 1 saturated carbocycles. The maximum absolute atomic E-state index is 3.72. The van der Waals surface area contributed by atoms with Crippen LogP contribution in [0, 0.1) is 25.7 Å². The molecule has 0 amide bonds. The van der Waals surface area contributed by atoms with Gasteiger partial charge in [-0.3, -0.25) is 0 Å². The van der Waals surface area contributed by atoms with E-state index in [1.165, 1.54) is 54.0 Å². The minimum absolute atomic E-state index is 0.506. The molecule has 1 aromatic heterocycles. The Balaban J connectivity index is 1.74. The quantitative estimate of drug-likeness (QED) is 0.778. The van der Waals surface area contributed by atoms with Crippen LogP contribution < -0.4 is 5.32 Å². The molecule has 0 aliphatic heterocycles. The molecule has 1 N–H and O–H groups in total. The lowest BCUT2D eigenvalue weighted by Crippen LogP contribution is -2.24. The monoisotopic (exact) mass is 279 g/mol. The molecule has 2 heteroatoms. The summed E-state index contributed by atoms with van der Waals surface area (Å²) in [5.41, 5.74) is 1.50. The molecule has 3 atom stereocenters. The van der Waals surface area contributed by atoms with Gasteiger partial charge in [0.25, 0.3) is 0 Å². The molecule has 1 aliphatic carbocycles. The summed E-state index contributed by atoms with van der Waals surface area (Å²) in [5.74, 6) is 1.92. The van der Waals surface area contributed by atoms with Crippen molar-refractivity contribution in [2.45, 2.75) is 65.8 Å². The van der Waals surface area contributed by atoms with Crippen molar-refractivity contribution >= 4 is 11.3 Å². The summed E-state index contributed by atoms with van der Waals surface area (Å²) in [5, 5.41) is 3.72. The van der Waals surface area contributed by atoms with Gasteiger partial charge in [-0.05, 0) is 63.6 Å². The molecule has 1 heterocycles. The molecule has 0 saturated heterocycles. The summed E-state index contributed by atoms with van der Waals surface area (Å²) < 4.78 is 0. The summed E-state index contributed by atoms with van der Waals surface area (Å²) >= 11 is 1.92. The Morgan fingerprint density at radius 3 is 2.79 bits per heavy atom. The third-order valence-electron chi connectivity index (χ3n) is 4.59. The van der Waals surface area contributed by atoms with E-state index in [0.717, 1.165) is 11.8 Å². The zero-order valence-corrected chi connectivity index (χ0v) is 13.8. The highest BCUT2D eigenvalue weighted by Gasteiger charge is 2.19. The Morgan fingerprint density at radius 1 is 1.37 bits per heavy atom. The van der Waals surface area contributed by atoms with Crippen LogP contribution in [0.4, 0.5) is 0 Å². The van der Waals surface area contributed by atoms with Crippen LogP contribution in [-0.4, -0.2) is 6.54 Å². The second kappa shape index (κ2) is 6.90.